The Labute approximate surface area is 119 Å². The van der Waals surface area contributed by atoms with Gasteiger partial charge in [0, 0.05) is 11.9 Å². The van der Waals surface area contributed by atoms with Crippen LogP contribution in [0.25, 0.3) is 0 Å². The third-order valence-electron chi connectivity index (χ3n) is 2.42. The van der Waals surface area contributed by atoms with Crippen LogP contribution in [0.3, 0.4) is 0 Å². The van der Waals surface area contributed by atoms with Crippen molar-refractivity contribution in [1.82, 2.24) is 4.98 Å². The van der Waals surface area contributed by atoms with Gasteiger partial charge in [0.1, 0.15) is 18.1 Å². The summed E-state index contributed by atoms with van der Waals surface area (Å²) in [6.45, 7) is -0.364. The maximum absolute atomic E-state index is 13.4. The van der Waals surface area contributed by atoms with Gasteiger partial charge in [-0.25, -0.2) is 4.39 Å². The summed E-state index contributed by atoms with van der Waals surface area (Å²) in [6, 6.07) is 5.48. The van der Waals surface area contributed by atoms with Crippen molar-refractivity contribution < 1.29 is 14.3 Å². The Bertz CT molecular complexity index is 701. The molecule has 1 aromatic carbocycles. The predicted octanol–water partition coefficient (Wildman–Crippen LogP) is 2.40. The molecule has 2 aromatic rings. The highest BCUT2D eigenvalue weighted by molar-refractivity contribution is 6.31. The lowest BCUT2D eigenvalue weighted by Gasteiger charge is -2.04. The number of nitrogens with one attached hydrogen (secondary N) is 2. The minimum absolute atomic E-state index is 0.0985. The molecule has 0 unspecified atom stereocenters. The van der Waals surface area contributed by atoms with Crippen molar-refractivity contribution >= 4 is 23.2 Å². The van der Waals surface area contributed by atoms with Crippen LogP contribution < -0.4 is 5.32 Å². The van der Waals surface area contributed by atoms with Crippen LogP contribution in [-0.2, 0) is 0 Å². The number of aromatic nitrogens is 1. The fourth-order valence-electron chi connectivity index (χ4n) is 1.53. The van der Waals surface area contributed by atoms with Crippen molar-refractivity contribution in [2.24, 2.45) is 0 Å². The van der Waals surface area contributed by atoms with Crippen LogP contribution in [0, 0.1) is 17.7 Å². The van der Waals surface area contributed by atoms with Gasteiger partial charge in [-0.15, -0.1) is 0 Å². The zero-order valence-electron chi connectivity index (χ0n) is 10.2. The Hall–Kier alpha value is -2.29. The van der Waals surface area contributed by atoms with Crippen molar-refractivity contribution in [1.29, 1.82) is 0 Å². The van der Waals surface area contributed by atoms with Crippen molar-refractivity contribution in [2.75, 3.05) is 11.9 Å². The summed E-state index contributed by atoms with van der Waals surface area (Å²) in [5, 5.41) is 11.6. The molecule has 102 valence electrons. The molecular formula is C14H10ClFN2O2. The standard InChI is InChI=1S/C14H10ClFN2O2/c15-10-7-13(17-8-10)14(20)18-11-3-4-12(16)9(6-11)2-1-5-19/h3-4,6-8,17,19H,5H2,(H,18,20). The van der Waals surface area contributed by atoms with E-state index in [4.69, 9.17) is 16.7 Å². The summed E-state index contributed by atoms with van der Waals surface area (Å²) in [5.74, 6) is 3.90. The highest BCUT2D eigenvalue weighted by atomic mass is 35.5. The Kier molecular flexibility index (Phi) is 4.41. The number of aromatic amines is 1. The second kappa shape index (κ2) is 6.24. The van der Waals surface area contributed by atoms with Gasteiger partial charge >= 0.3 is 0 Å². The molecule has 1 aromatic heterocycles. The number of hydrogen-bond donors (Lipinski definition) is 3. The van der Waals surface area contributed by atoms with Crippen molar-refractivity contribution in [3.05, 3.63) is 52.6 Å². The van der Waals surface area contributed by atoms with Gasteiger partial charge in [0.05, 0.1) is 10.6 Å². The molecule has 20 heavy (non-hydrogen) atoms. The van der Waals surface area contributed by atoms with E-state index in [2.05, 4.69) is 22.1 Å². The number of H-pyrrole nitrogens is 1. The van der Waals surface area contributed by atoms with E-state index in [9.17, 15) is 9.18 Å². The summed E-state index contributed by atoms with van der Waals surface area (Å²) in [6.07, 6.45) is 1.49. The molecule has 4 nitrogen and oxygen atoms in total. The molecule has 0 aliphatic carbocycles. The van der Waals surface area contributed by atoms with Crippen molar-refractivity contribution in [3.8, 4) is 11.8 Å². The Morgan fingerprint density at radius 2 is 2.25 bits per heavy atom. The molecule has 2 rings (SSSR count). The van der Waals surface area contributed by atoms with Gasteiger partial charge in [0.2, 0.25) is 0 Å². The summed E-state index contributed by atoms with van der Waals surface area (Å²) in [4.78, 5) is 14.6. The number of carbonyl (C=O) groups is 1. The number of amides is 1. The molecule has 0 aliphatic heterocycles. The molecule has 0 saturated heterocycles. The summed E-state index contributed by atoms with van der Waals surface area (Å²) in [7, 11) is 0. The van der Waals surface area contributed by atoms with E-state index in [0.29, 0.717) is 16.4 Å². The summed E-state index contributed by atoms with van der Waals surface area (Å²) < 4.78 is 13.4. The lowest BCUT2D eigenvalue weighted by atomic mass is 10.2. The monoisotopic (exact) mass is 292 g/mol. The Balaban J connectivity index is 2.19. The van der Waals surface area contributed by atoms with E-state index in [1.54, 1.807) is 0 Å². The van der Waals surface area contributed by atoms with Gasteiger partial charge < -0.3 is 15.4 Å². The quantitative estimate of drug-likeness (QED) is 0.744. The molecule has 1 heterocycles. The van der Waals surface area contributed by atoms with Crippen LogP contribution in [0.15, 0.2) is 30.5 Å². The molecule has 0 spiro atoms. The minimum Gasteiger partial charge on any atom is -0.384 e. The van der Waals surface area contributed by atoms with Gasteiger partial charge in [-0.3, -0.25) is 4.79 Å². The van der Waals surface area contributed by atoms with Crippen LogP contribution in [0.1, 0.15) is 16.1 Å². The highest BCUT2D eigenvalue weighted by Gasteiger charge is 2.09. The number of aliphatic hydroxyl groups is 1. The van der Waals surface area contributed by atoms with E-state index in [1.165, 1.54) is 30.5 Å². The first-order valence-electron chi connectivity index (χ1n) is 5.64. The van der Waals surface area contributed by atoms with Gasteiger partial charge in [0.15, 0.2) is 0 Å². The maximum atomic E-state index is 13.4. The molecule has 3 N–H and O–H groups in total. The molecule has 0 aliphatic rings. The van der Waals surface area contributed by atoms with E-state index in [1.807, 2.05) is 0 Å². The smallest absolute Gasteiger partial charge is 0.272 e. The number of halogens is 2. The first-order chi connectivity index (χ1) is 9.60. The molecule has 0 radical (unpaired) electrons. The topological polar surface area (TPSA) is 65.1 Å². The zero-order valence-corrected chi connectivity index (χ0v) is 11.0. The van der Waals surface area contributed by atoms with E-state index >= 15 is 0 Å². The van der Waals surface area contributed by atoms with Crippen LogP contribution in [0.2, 0.25) is 5.02 Å². The molecule has 6 heteroatoms. The summed E-state index contributed by atoms with van der Waals surface area (Å²) >= 11 is 5.71. The lowest BCUT2D eigenvalue weighted by molar-refractivity contribution is 0.102. The van der Waals surface area contributed by atoms with E-state index in [-0.39, 0.29) is 12.2 Å². The number of carbonyl (C=O) groups excluding carboxylic acids is 1. The second-order valence-corrected chi connectivity index (χ2v) is 4.28. The van der Waals surface area contributed by atoms with Gasteiger partial charge in [-0.05, 0) is 24.3 Å². The third kappa shape index (κ3) is 3.38. The molecule has 0 fully saturated rings. The van der Waals surface area contributed by atoms with Gasteiger partial charge in [-0.2, -0.15) is 0 Å². The minimum atomic E-state index is -0.521. The van der Waals surface area contributed by atoms with Crippen LogP contribution >= 0.6 is 11.6 Å². The number of anilines is 1. The van der Waals surface area contributed by atoms with Crippen LogP contribution in [-0.4, -0.2) is 22.6 Å². The first-order valence-corrected chi connectivity index (χ1v) is 6.02. The fraction of sp³-hybridized carbons (Fsp3) is 0.0714. The van der Waals surface area contributed by atoms with Crippen molar-refractivity contribution in [3.63, 3.8) is 0 Å². The molecular weight excluding hydrogens is 283 g/mol. The van der Waals surface area contributed by atoms with Gasteiger partial charge in [0.25, 0.3) is 5.91 Å². The maximum Gasteiger partial charge on any atom is 0.272 e. The lowest BCUT2D eigenvalue weighted by Crippen LogP contribution is -2.12. The number of benzene rings is 1. The number of rotatable bonds is 2. The molecule has 0 bridgehead atoms. The van der Waals surface area contributed by atoms with Crippen LogP contribution in [0.4, 0.5) is 10.1 Å². The largest absolute Gasteiger partial charge is 0.384 e. The Morgan fingerprint density at radius 1 is 1.45 bits per heavy atom. The van der Waals surface area contributed by atoms with E-state index < -0.39 is 11.7 Å². The zero-order chi connectivity index (χ0) is 14.5. The second-order valence-electron chi connectivity index (χ2n) is 3.84. The van der Waals surface area contributed by atoms with Crippen molar-refractivity contribution in [2.45, 2.75) is 0 Å². The molecule has 1 amide bonds. The molecule has 0 atom stereocenters. The average Bonchev–Trinajstić information content (AvgIpc) is 2.86. The first kappa shape index (κ1) is 14.1. The Morgan fingerprint density at radius 3 is 2.90 bits per heavy atom. The molecule has 0 saturated carbocycles. The SMILES string of the molecule is O=C(Nc1ccc(F)c(C#CCO)c1)c1cc(Cl)c[nH]1. The average molecular weight is 293 g/mol. The van der Waals surface area contributed by atoms with Crippen LogP contribution in [0.5, 0.6) is 0 Å². The highest BCUT2D eigenvalue weighted by Crippen LogP contribution is 2.16. The predicted molar refractivity (Wildman–Crippen MR) is 74.1 cm³/mol. The van der Waals surface area contributed by atoms with Gasteiger partial charge in [-0.1, -0.05) is 23.4 Å². The van der Waals surface area contributed by atoms with E-state index in [0.717, 1.165) is 0 Å². The summed E-state index contributed by atoms with van der Waals surface area (Å²) in [5.41, 5.74) is 0.785. The normalized spacial score (nSPS) is 9.75. The number of aliphatic hydroxyl groups excluding tert-OH is 1. The third-order valence-corrected chi connectivity index (χ3v) is 2.64. The number of hydrogen-bond acceptors (Lipinski definition) is 2. The fourth-order valence-corrected chi connectivity index (χ4v) is 1.69.